The number of benzene rings is 1. The van der Waals surface area contributed by atoms with E-state index in [1.807, 2.05) is 43.3 Å². The molecule has 0 aliphatic heterocycles. The average molecular weight is 290 g/mol. The van der Waals surface area contributed by atoms with E-state index in [0.29, 0.717) is 0 Å². The first kappa shape index (κ1) is 15.0. The van der Waals surface area contributed by atoms with Gasteiger partial charge in [0.05, 0.1) is 6.04 Å². The molecular formula is C16H20ClN3. The lowest BCUT2D eigenvalue weighted by atomic mass is 9.99. The number of pyridine rings is 1. The minimum atomic E-state index is -0.0123. The van der Waals surface area contributed by atoms with Gasteiger partial charge in [0.25, 0.3) is 0 Å². The van der Waals surface area contributed by atoms with E-state index in [0.717, 1.165) is 17.1 Å². The van der Waals surface area contributed by atoms with Crippen LogP contribution in [0.25, 0.3) is 0 Å². The van der Waals surface area contributed by atoms with Crippen LogP contribution in [0.1, 0.15) is 24.1 Å². The molecule has 2 rings (SSSR count). The van der Waals surface area contributed by atoms with Crippen molar-refractivity contribution in [1.29, 1.82) is 0 Å². The first-order chi connectivity index (χ1) is 9.59. The standard InChI is InChI=1S/C16H20ClN3/c1-12(18)16(14-5-3-4-6-15(14)17)20(2)11-13-7-9-19-10-8-13/h3-10,12,16H,11,18H2,1-2H3. The third-order valence-electron chi connectivity index (χ3n) is 3.38. The first-order valence-electron chi connectivity index (χ1n) is 6.68. The van der Waals surface area contributed by atoms with E-state index in [1.165, 1.54) is 5.56 Å². The summed E-state index contributed by atoms with van der Waals surface area (Å²) in [5.41, 5.74) is 8.46. The van der Waals surface area contributed by atoms with Crippen LogP contribution in [0, 0.1) is 0 Å². The zero-order chi connectivity index (χ0) is 14.5. The van der Waals surface area contributed by atoms with Gasteiger partial charge in [-0.25, -0.2) is 0 Å². The number of halogens is 1. The predicted molar refractivity (Wildman–Crippen MR) is 83.5 cm³/mol. The van der Waals surface area contributed by atoms with Gasteiger partial charge in [0, 0.05) is 30.0 Å². The molecule has 2 aromatic rings. The number of likely N-dealkylation sites (N-methyl/N-ethyl adjacent to an activating group) is 1. The Labute approximate surface area is 125 Å². The molecule has 3 nitrogen and oxygen atoms in total. The summed E-state index contributed by atoms with van der Waals surface area (Å²) in [6.07, 6.45) is 3.61. The summed E-state index contributed by atoms with van der Waals surface area (Å²) >= 11 is 6.32. The molecule has 0 aliphatic carbocycles. The average Bonchev–Trinajstić information content (AvgIpc) is 2.42. The highest BCUT2D eigenvalue weighted by Gasteiger charge is 2.23. The molecule has 0 bridgehead atoms. The fraction of sp³-hybridized carbons (Fsp3) is 0.312. The third kappa shape index (κ3) is 3.57. The van der Waals surface area contributed by atoms with Crippen molar-refractivity contribution in [2.75, 3.05) is 7.05 Å². The number of nitrogens with two attached hydrogens (primary N) is 1. The molecule has 0 aliphatic rings. The number of hydrogen-bond donors (Lipinski definition) is 1. The van der Waals surface area contributed by atoms with Crippen LogP contribution in [0.5, 0.6) is 0 Å². The van der Waals surface area contributed by atoms with Crippen LogP contribution in [0.4, 0.5) is 0 Å². The summed E-state index contributed by atoms with van der Waals surface area (Å²) < 4.78 is 0. The summed E-state index contributed by atoms with van der Waals surface area (Å²) in [4.78, 5) is 6.26. The van der Waals surface area contributed by atoms with Crippen molar-refractivity contribution in [3.05, 3.63) is 64.9 Å². The molecule has 0 saturated carbocycles. The minimum Gasteiger partial charge on any atom is -0.326 e. The van der Waals surface area contributed by atoms with Gasteiger partial charge in [0.2, 0.25) is 0 Å². The normalized spacial score (nSPS) is 14.2. The van der Waals surface area contributed by atoms with E-state index < -0.39 is 0 Å². The molecule has 0 amide bonds. The van der Waals surface area contributed by atoms with E-state index in [9.17, 15) is 0 Å². The maximum absolute atomic E-state index is 6.32. The van der Waals surface area contributed by atoms with Gasteiger partial charge in [0.1, 0.15) is 0 Å². The Hall–Kier alpha value is -1.42. The second-order valence-electron chi connectivity index (χ2n) is 5.10. The summed E-state index contributed by atoms with van der Waals surface area (Å²) in [6.45, 7) is 2.82. The maximum atomic E-state index is 6.32. The van der Waals surface area contributed by atoms with Gasteiger partial charge in [-0.15, -0.1) is 0 Å². The smallest absolute Gasteiger partial charge is 0.0511 e. The molecule has 1 heterocycles. The van der Waals surface area contributed by atoms with Crippen LogP contribution < -0.4 is 5.73 Å². The Morgan fingerprint density at radius 3 is 2.45 bits per heavy atom. The Morgan fingerprint density at radius 2 is 1.85 bits per heavy atom. The van der Waals surface area contributed by atoms with Crippen molar-refractivity contribution in [1.82, 2.24) is 9.88 Å². The highest BCUT2D eigenvalue weighted by atomic mass is 35.5. The van der Waals surface area contributed by atoms with Gasteiger partial charge >= 0.3 is 0 Å². The molecule has 106 valence electrons. The largest absolute Gasteiger partial charge is 0.326 e. The molecule has 0 spiro atoms. The first-order valence-corrected chi connectivity index (χ1v) is 7.06. The van der Waals surface area contributed by atoms with E-state index in [4.69, 9.17) is 17.3 Å². The molecular weight excluding hydrogens is 270 g/mol. The number of nitrogens with zero attached hydrogens (tertiary/aromatic N) is 2. The molecule has 2 atom stereocenters. The lowest BCUT2D eigenvalue weighted by Crippen LogP contribution is -2.37. The van der Waals surface area contributed by atoms with E-state index in [-0.39, 0.29) is 12.1 Å². The molecule has 0 fully saturated rings. The molecule has 0 saturated heterocycles. The van der Waals surface area contributed by atoms with Crippen LogP contribution >= 0.6 is 11.6 Å². The molecule has 4 heteroatoms. The van der Waals surface area contributed by atoms with Gasteiger partial charge in [0.15, 0.2) is 0 Å². The second-order valence-corrected chi connectivity index (χ2v) is 5.50. The Bertz CT molecular complexity index is 542. The summed E-state index contributed by atoms with van der Waals surface area (Å²) in [7, 11) is 2.07. The molecule has 0 radical (unpaired) electrons. The zero-order valence-electron chi connectivity index (χ0n) is 11.8. The SMILES string of the molecule is CC(N)C(c1ccccc1Cl)N(C)Cc1ccncc1. The monoisotopic (exact) mass is 289 g/mol. The third-order valence-corrected chi connectivity index (χ3v) is 3.72. The van der Waals surface area contributed by atoms with Crippen LogP contribution in [0.2, 0.25) is 5.02 Å². The van der Waals surface area contributed by atoms with Crippen LogP contribution in [-0.2, 0) is 6.54 Å². The van der Waals surface area contributed by atoms with Gasteiger partial charge in [-0.3, -0.25) is 9.88 Å². The summed E-state index contributed by atoms with van der Waals surface area (Å²) in [5, 5.41) is 0.761. The van der Waals surface area contributed by atoms with Crippen molar-refractivity contribution < 1.29 is 0 Å². The van der Waals surface area contributed by atoms with Crippen molar-refractivity contribution in [3.63, 3.8) is 0 Å². The van der Waals surface area contributed by atoms with Crippen LogP contribution in [0.15, 0.2) is 48.8 Å². The van der Waals surface area contributed by atoms with Crippen LogP contribution in [0.3, 0.4) is 0 Å². The van der Waals surface area contributed by atoms with E-state index >= 15 is 0 Å². The van der Waals surface area contributed by atoms with Gasteiger partial charge in [-0.1, -0.05) is 29.8 Å². The molecule has 20 heavy (non-hydrogen) atoms. The highest BCUT2D eigenvalue weighted by Crippen LogP contribution is 2.29. The topological polar surface area (TPSA) is 42.1 Å². The van der Waals surface area contributed by atoms with Crippen molar-refractivity contribution in [2.45, 2.75) is 25.6 Å². The highest BCUT2D eigenvalue weighted by molar-refractivity contribution is 6.31. The number of rotatable bonds is 5. The van der Waals surface area contributed by atoms with Crippen molar-refractivity contribution in [2.24, 2.45) is 5.73 Å². The summed E-state index contributed by atoms with van der Waals surface area (Å²) in [6, 6.07) is 12.0. The fourth-order valence-corrected chi connectivity index (χ4v) is 2.76. The van der Waals surface area contributed by atoms with Crippen molar-refractivity contribution in [3.8, 4) is 0 Å². The summed E-state index contributed by atoms with van der Waals surface area (Å²) in [5.74, 6) is 0. The van der Waals surface area contributed by atoms with E-state index in [1.54, 1.807) is 12.4 Å². The predicted octanol–water partition coefficient (Wildman–Crippen LogP) is 3.26. The maximum Gasteiger partial charge on any atom is 0.0511 e. The Morgan fingerprint density at radius 1 is 1.20 bits per heavy atom. The molecule has 2 unspecified atom stereocenters. The number of aromatic nitrogens is 1. The van der Waals surface area contributed by atoms with Gasteiger partial charge in [-0.05, 0) is 43.3 Å². The Kier molecular flexibility index (Phi) is 5.12. The van der Waals surface area contributed by atoms with Crippen LogP contribution in [-0.4, -0.2) is 23.0 Å². The minimum absolute atomic E-state index is 0.0123. The molecule has 1 aromatic carbocycles. The lowest BCUT2D eigenvalue weighted by Gasteiger charge is -2.32. The van der Waals surface area contributed by atoms with Gasteiger partial charge in [-0.2, -0.15) is 0 Å². The van der Waals surface area contributed by atoms with Gasteiger partial charge < -0.3 is 5.73 Å². The van der Waals surface area contributed by atoms with E-state index in [2.05, 4.69) is 16.9 Å². The van der Waals surface area contributed by atoms with Crippen molar-refractivity contribution >= 4 is 11.6 Å². The quantitative estimate of drug-likeness (QED) is 0.919. The second kappa shape index (κ2) is 6.84. The molecule has 2 N–H and O–H groups in total. The lowest BCUT2D eigenvalue weighted by molar-refractivity contribution is 0.211. The number of hydrogen-bond acceptors (Lipinski definition) is 3. The zero-order valence-corrected chi connectivity index (χ0v) is 12.6. The fourth-order valence-electron chi connectivity index (χ4n) is 2.51. The molecule has 1 aromatic heterocycles. The Balaban J connectivity index is 2.23.